The van der Waals surface area contributed by atoms with Gasteiger partial charge in [-0.3, -0.25) is 9.59 Å². The molecule has 1 heterocycles. The van der Waals surface area contributed by atoms with Crippen LogP contribution in [-0.4, -0.2) is 75.2 Å². The quantitative estimate of drug-likeness (QED) is 0.768. The minimum Gasteiger partial charge on any atom is -0.493 e. The Balaban J connectivity index is 0.00000364. The summed E-state index contributed by atoms with van der Waals surface area (Å²) in [4.78, 5) is 28.5. The summed E-state index contributed by atoms with van der Waals surface area (Å²) < 4.78 is 16.0. The summed E-state index contributed by atoms with van der Waals surface area (Å²) in [6, 6.07) is 3.17. The molecule has 0 aliphatic carbocycles. The van der Waals surface area contributed by atoms with Crippen molar-refractivity contribution in [2.45, 2.75) is 19.4 Å². The van der Waals surface area contributed by atoms with Crippen molar-refractivity contribution in [1.82, 2.24) is 9.80 Å². The van der Waals surface area contributed by atoms with Gasteiger partial charge in [0.15, 0.2) is 11.5 Å². The molecule has 1 atom stereocenters. The van der Waals surface area contributed by atoms with Crippen molar-refractivity contribution < 1.29 is 23.8 Å². The maximum atomic E-state index is 12.9. The van der Waals surface area contributed by atoms with Crippen molar-refractivity contribution >= 4 is 24.2 Å². The topological polar surface area (TPSA) is 94.3 Å². The first-order valence-corrected chi connectivity index (χ1v) is 8.54. The standard InChI is InChI=1S/C18H27N3O5.ClH/c1-12(19)11-15(22)20-7-9-21(10-8-20)18(23)13-5-6-14(24-2)17(26-4)16(13)25-3;/h5-6,12H,7-11,19H2,1-4H3;1H. The summed E-state index contributed by atoms with van der Waals surface area (Å²) in [5.74, 6) is 1.07. The molecule has 0 radical (unpaired) electrons. The molecule has 2 amide bonds. The van der Waals surface area contributed by atoms with E-state index in [0.717, 1.165) is 0 Å². The van der Waals surface area contributed by atoms with E-state index in [1.165, 1.54) is 21.3 Å². The maximum Gasteiger partial charge on any atom is 0.257 e. The normalized spacial score (nSPS) is 14.9. The molecule has 9 heteroatoms. The number of halogens is 1. The lowest BCUT2D eigenvalue weighted by Crippen LogP contribution is -2.51. The maximum absolute atomic E-state index is 12.9. The van der Waals surface area contributed by atoms with Crippen LogP contribution < -0.4 is 19.9 Å². The highest BCUT2D eigenvalue weighted by molar-refractivity contribution is 5.98. The van der Waals surface area contributed by atoms with Gasteiger partial charge in [0.25, 0.3) is 5.91 Å². The third-order valence-corrected chi connectivity index (χ3v) is 4.35. The summed E-state index contributed by atoms with van der Waals surface area (Å²) >= 11 is 0. The molecule has 0 saturated carbocycles. The Morgan fingerprint density at radius 2 is 1.56 bits per heavy atom. The summed E-state index contributed by atoms with van der Waals surface area (Å²) in [7, 11) is 4.51. The Morgan fingerprint density at radius 1 is 1.00 bits per heavy atom. The Bertz CT molecular complexity index is 661. The molecule has 0 aromatic heterocycles. The van der Waals surface area contributed by atoms with Crippen LogP contribution in [0.1, 0.15) is 23.7 Å². The van der Waals surface area contributed by atoms with Gasteiger partial charge in [0, 0.05) is 38.6 Å². The highest BCUT2D eigenvalue weighted by Crippen LogP contribution is 2.40. The largest absolute Gasteiger partial charge is 0.493 e. The number of hydrogen-bond acceptors (Lipinski definition) is 6. The average Bonchev–Trinajstić information content (AvgIpc) is 2.65. The number of piperazine rings is 1. The predicted molar refractivity (Wildman–Crippen MR) is 104 cm³/mol. The number of nitrogens with zero attached hydrogens (tertiary/aromatic N) is 2. The minimum atomic E-state index is -0.168. The number of carbonyl (C=O) groups is 2. The van der Waals surface area contributed by atoms with E-state index in [1.54, 1.807) is 28.9 Å². The number of rotatable bonds is 6. The van der Waals surface area contributed by atoms with E-state index < -0.39 is 0 Å². The first-order chi connectivity index (χ1) is 12.4. The number of methoxy groups -OCH3 is 3. The van der Waals surface area contributed by atoms with Gasteiger partial charge in [-0.05, 0) is 19.1 Å². The van der Waals surface area contributed by atoms with Gasteiger partial charge in [0.05, 0.1) is 26.9 Å². The molecule has 1 saturated heterocycles. The van der Waals surface area contributed by atoms with Crippen LogP contribution in [-0.2, 0) is 4.79 Å². The Kier molecular flexibility index (Phi) is 8.65. The lowest BCUT2D eigenvalue weighted by Gasteiger charge is -2.35. The van der Waals surface area contributed by atoms with Gasteiger partial charge in [-0.15, -0.1) is 12.4 Å². The lowest BCUT2D eigenvalue weighted by molar-refractivity contribution is -0.132. The predicted octanol–water partition coefficient (Wildman–Crippen LogP) is 1.16. The molecule has 1 aromatic carbocycles. The zero-order chi connectivity index (χ0) is 19.3. The summed E-state index contributed by atoms with van der Waals surface area (Å²) in [6.07, 6.45) is 0.317. The molecule has 1 fully saturated rings. The number of carbonyl (C=O) groups excluding carboxylic acids is 2. The van der Waals surface area contributed by atoms with Gasteiger partial charge >= 0.3 is 0 Å². The van der Waals surface area contributed by atoms with E-state index in [1.807, 2.05) is 0 Å². The second-order valence-corrected chi connectivity index (χ2v) is 6.24. The first-order valence-electron chi connectivity index (χ1n) is 8.54. The third-order valence-electron chi connectivity index (χ3n) is 4.35. The fraction of sp³-hybridized carbons (Fsp3) is 0.556. The monoisotopic (exact) mass is 401 g/mol. The van der Waals surface area contributed by atoms with Crippen LogP contribution in [0.4, 0.5) is 0 Å². The van der Waals surface area contributed by atoms with Gasteiger partial charge in [-0.25, -0.2) is 0 Å². The van der Waals surface area contributed by atoms with E-state index in [2.05, 4.69) is 0 Å². The Labute approximate surface area is 165 Å². The van der Waals surface area contributed by atoms with Gasteiger partial charge in [0.1, 0.15) is 0 Å². The van der Waals surface area contributed by atoms with Crippen molar-refractivity contribution in [3.8, 4) is 17.2 Å². The van der Waals surface area contributed by atoms with Gasteiger partial charge in [0.2, 0.25) is 11.7 Å². The van der Waals surface area contributed by atoms with Crippen LogP contribution in [0.2, 0.25) is 0 Å². The number of ether oxygens (including phenoxy) is 3. The number of hydrogen-bond donors (Lipinski definition) is 1. The molecule has 0 spiro atoms. The van der Waals surface area contributed by atoms with Crippen molar-refractivity contribution in [1.29, 1.82) is 0 Å². The second-order valence-electron chi connectivity index (χ2n) is 6.24. The van der Waals surface area contributed by atoms with E-state index in [0.29, 0.717) is 55.4 Å². The van der Waals surface area contributed by atoms with Crippen molar-refractivity contribution in [2.75, 3.05) is 47.5 Å². The van der Waals surface area contributed by atoms with E-state index in [9.17, 15) is 9.59 Å². The van der Waals surface area contributed by atoms with E-state index in [4.69, 9.17) is 19.9 Å². The minimum absolute atomic E-state index is 0. The van der Waals surface area contributed by atoms with Crippen molar-refractivity contribution in [3.63, 3.8) is 0 Å². The molecule has 1 aliphatic heterocycles. The smallest absolute Gasteiger partial charge is 0.257 e. The fourth-order valence-electron chi connectivity index (χ4n) is 3.00. The number of amides is 2. The van der Waals surface area contributed by atoms with Crippen LogP contribution in [0.15, 0.2) is 12.1 Å². The van der Waals surface area contributed by atoms with Crippen LogP contribution in [0, 0.1) is 0 Å². The molecule has 1 unspecified atom stereocenters. The van der Waals surface area contributed by atoms with Crippen LogP contribution in [0.25, 0.3) is 0 Å². The molecule has 0 bridgehead atoms. The Morgan fingerprint density at radius 3 is 2.04 bits per heavy atom. The third kappa shape index (κ3) is 5.17. The highest BCUT2D eigenvalue weighted by Gasteiger charge is 2.28. The molecule has 2 rings (SSSR count). The zero-order valence-electron chi connectivity index (χ0n) is 16.2. The van der Waals surface area contributed by atoms with Gasteiger partial charge in [-0.1, -0.05) is 0 Å². The summed E-state index contributed by atoms with van der Waals surface area (Å²) in [5.41, 5.74) is 6.09. The molecule has 1 aromatic rings. The van der Waals surface area contributed by atoms with E-state index >= 15 is 0 Å². The molecule has 152 valence electrons. The zero-order valence-corrected chi connectivity index (χ0v) is 17.0. The summed E-state index contributed by atoms with van der Waals surface area (Å²) in [5, 5.41) is 0. The van der Waals surface area contributed by atoms with Gasteiger partial charge < -0.3 is 29.7 Å². The molecule has 27 heavy (non-hydrogen) atoms. The molecule has 1 aliphatic rings. The first kappa shape index (κ1) is 22.9. The molecular weight excluding hydrogens is 374 g/mol. The highest BCUT2D eigenvalue weighted by atomic mass is 35.5. The summed E-state index contributed by atoms with van der Waals surface area (Å²) in [6.45, 7) is 3.71. The lowest BCUT2D eigenvalue weighted by atomic mass is 10.1. The number of nitrogens with two attached hydrogens (primary N) is 1. The SMILES string of the molecule is COc1ccc(C(=O)N2CCN(C(=O)CC(C)N)CC2)c(OC)c1OC.Cl. The van der Waals surface area contributed by atoms with Crippen LogP contribution in [0.5, 0.6) is 17.2 Å². The van der Waals surface area contributed by atoms with Crippen molar-refractivity contribution in [3.05, 3.63) is 17.7 Å². The molecular formula is C18H28ClN3O5. The number of benzene rings is 1. The van der Waals surface area contributed by atoms with E-state index in [-0.39, 0.29) is 30.3 Å². The average molecular weight is 402 g/mol. The van der Waals surface area contributed by atoms with Crippen LogP contribution in [0.3, 0.4) is 0 Å². The van der Waals surface area contributed by atoms with Gasteiger partial charge in [-0.2, -0.15) is 0 Å². The second kappa shape index (κ2) is 10.2. The molecule has 2 N–H and O–H groups in total. The Hall–Kier alpha value is -2.19. The molecule has 8 nitrogen and oxygen atoms in total. The van der Waals surface area contributed by atoms with Crippen LogP contribution >= 0.6 is 12.4 Å². The fourth-order valence-corrected chi connectivity index (χ4v) is 3.00. The van der Waals surface area contributed by atoms with Crippen molar-refractivity contribution in [2.24, 2.45) is 5.73 Å².